The van der Waals surface area contributed by atoms with Crippen molar-refractivity contribution in [1.82, 2.24) is 9.97 Å². The van der Waals surface area contributed by atoms with Gasteiger partial charge in [-0.3, -0.25) is 4.79 Å². The van der Waals surface area contributed by atoms with Crippen molar-refractivity contribution < 1.29 is 9.53 Å². The average Bonchev–Trinajstić information content (AvgIpc) is 2.52. The first-order valence-electron chi connectivity index (χ1n) is 6.29. The summed E-state index contributed by atoms with van der Waals surface area (Å²) in [6.45, 7) is 1.81. The van der Waals surface area contributed by atoms with E-state index in [-0.39, 0.29) is 11.3 Å². The van der Waals surface area contributed by atoms with Crippen LogP contribution in [0.3, 0.4) is 0 Å². The lowest BCUT2D eigenvalue weighted by Gasteiger charge is -2.08. The molecule has 0 saturated heterocycles. The highest BCUT2D eigenvalue weighted by atomic mass is 32.2. The van der Waals surface area contributed by atoms with Crippen molar-refractivity contribution >= 4 is 17.7 Å². The van der Waals surface area contributed by atoms with E-state index in [1.807, 2.05) is 13.0 Å². The summed E-state index contributed by atoms with van der Waals surface area (Å²) in [5.74, 6) is -0.488. The maximum Gasteiger partial charge on any atom is 0.337 e. The van der Waals surface area contributed by atoms with E-state index in [9.17, 15) is 14.9 Å². The molecule has 2 rings (SSSR count). The lowest BCUT2D eigenvalue weighted by atomic mass is 10.0. The first-order valence-corrected chi connectivity index (χ1v) is 7.51. The van der Waals surface area contributed by atoms with Crippen molar-refractivity contribution in [2.24, 2.45) is 0 Å². The number of hydrogen-bond acceptors (Lipinski definition) is 6. The molecule has 2 aromatic rings. The number of thioether (sulfide) groups is 1. The minimum Gasteiger partial charge on any atom is -0.465 e. The second-order valence-corrected chi connectivity index (χ2v) is 5.28. The minimum atomic E-state index is -0.502. The van der Waals surface area contributed by atoms with Gasteiger partial charge < -0.3 is 9.72 Å². The normalized spacial score (nSPS) is 10.1. The lowest BCUT2D eigenvalue weighted by Crippen LogP contribution is -2.15. The highest BCUT2D eigenvalue weighted by Gasteiger charge is 2.16. The summed E-state index contributed by atoms with van der Waals surface area (Å²) in [4.78, 5) is 30.5. The zero-order chi connectivity index (χ0) is 16.3. The number of rotatable bonds is 3. The summed E-state index contributed by atoms with van der Waals surface area (Å²) in [6, 6.07) is 6.86. The summed E-state index contributed by atoms with van der Waals surface area (Å²) in [5.41, 5.74) is 1.34. The van der Waals surface area contributed by atoms with Gasteiger partial charge >= 0.3 is 5.97 Å². The molecule has 0 saturated carbocycles. The smallest absolute Gasteiger partial charge is 0.337 e. The maximum atomic E-state index is 12.0. The molecule has 0 spiro atoms. The van der Waals surface area contributed by atoms with Gasteiger partial charge in [0.05, 0.1) is 18.4 Å². The zero-order valence-electron chi connectivity index (χ0n) is 12.3. The Labute approximate surface area is 131 Å². The Bertz CT molecular complexity index is 837. The van der Waals surface area contributed by atoms with Gasteiger partial charge in [0, 0.05) is 5.56 Å². The molecule has 0 unspecified atom stereocenters. The summed E-state index contributed by atoms with van der Waals surface area (Å²) in [6.07, 6.45) is 1.77. The number of carbonyl (C=O) groups is 1. The van der Waals surface area contributed by atoms with Crippen LogP contribution in [0.2, 0.25) is 0 Å². The molecule has 1 aromatic heterocycles. The molecule has 112 valence electrons. The molecule has 0 radical (unpaired) electrons. The summed E-state index contributed by atoms with van der Waals surface area (Å²) in [7, 11) is 1.29. The Morgan fingerprint density at radius 2 is 2.14 bits per heavy atom. The van der Waals surface area contributed by atoms with Crippen LogP contribution in [0.15, 0.2) is 28.2 Å². The van der Waals surface area contributed by atoms with Crippen LogP contribution in [0.1, 0.15) is 21.5 Å². The second kappa shape index (κ2) is 6.45. The number of hydrogen-bond donors (Lipinski definition) is 1. The SMILES string of the molecule is COC(=O)c1cc(C)cc(-c2nc(SC)[nH]c(=O)c2C#N)c1. The van der Waals surface area contributed by atoms with Crippen LogP contribution in [-0.2, 0) is 4.74 Å². The van der Waals surface area contributed by atoms with E-state index in [0.717, 1.165) is 5.56 Å². The van der Waals surface area contributed by atoms with Crippen LogP contribution in [0.4, 0.5) is 0 Å². The number of methoxy groups -OCH3 is 1. The molecule has 0 amide bonds. The van der Waals surface area contributed by atoms with Gasteiger partial charge in [-0.25, -0.2) is 9.78 Å². The van der Waals surface area contributed by atoms with Gasteiger partial charge in [-0.1, -0.05) is 11.8 Å². The molecule has 0 aliphatic heterocycles. The topological polar surface area (TPSA) is 95.8 Å². The highest BCUT2D eigenvalue weighted by molar-refractivity contribution is 7.98. The first-order chi connectivity index (χ1) is 10.5. The van der Waals surface area contributed by atoms with Crippen LogP contribution in [-0.4, -0.2) is 29.3 Å². The first kappa shape index (κ1) is 15.8. The van der Waals surface area contributed by atoms with Gasteiger partial charge in [-0.2, -0.15) is 5.26 Å². The van der Waals surface area contributed by atoms with Crippen LogP contribution >= 0.6 is 11.8 Å². The fourth-order valence-corrected chi connectivity index (χ4v) is 2.39. The number of nitrogens with one attached hydrogen (secondary N) is 1. The van der Waals surface area contributed by atoms with Crippen molar-refractivity contribution in [3.8, 4) is 17.3 Å². The third-order valence-electron chi connectivity index (χ3n) is 2.97. The number of benzene rings is 1. The molecule has 0 bridgehead atoms. The molecular formula is C15H13N3O3S. The molecule has 0 atom stereocenters. The van der Waals surface area contributed by atoms with Crippen molar-refractivity contribution in [2.45, 2.75) is 12.1 Å². The van der Waals surface area contributed by atoms with Crippen molar-refractivity contribution in [3.63, 3.8) is 0 Å². The Kier molecular flexibility index (Phi) is 4.63. The standard InChI is InChI=1S/C15H13N3O3S/c1-8-4-9(6-10(5-8)14(20)21-2)12-11(7-16)13(19)18-15(17-12)22-3/h4-6H,1-3H3,(H,17,18,19). The third kappa shape index (κ3) is 3.02. The summed E-state index contributed by atoms with van der Waals surface area (Å²) < 4.78 is 4.71. The molecule has 7 heteroatoms. The van der Waals surface area contributed by atoms with Crippen molar-refractivity contribution in [1.29, 1.82) is 5.26 Å². The van der Waals surface area contributed by atoms with Gasteiger partial charge in [0.15, 0.2) is 5.16 Å². The highest BCUT2D eigenvalue weighted by Crippen LogP contribution is 2.24. The number of aryl methyl sites for hydroxylation is 1. The molecular weight excluding hydrogens is 302 g/mol. The monoisotopic (exact) mass is 315 g/mol. The van der Waals surface area contributed by atoms with Crippen LogP contribution in [0.5, 0.6) is 0 Å². The van der Waals surface area contributed by atoms with Gasteiger partial charge in [0.25, 0.3) is 5.56 Å². The van der Waals surface area contributed by atoms with E-state index >= 15 is 0 Å². The van der Waals surface area contributed by atoms with Gasteiger partial charge in [0.1, 0.15) is 11.6 Å². The number of H-pyrrole nitrogens is 1. The maximum absolute atomic E-state index is 12.0. The van der Waals surface area contributed by atoms with Crippen LogP contribution < -0.4 is 5.56 Å². The number of ether oxygens (including phenoxy) is 1. The van der Waals surface area contributed by atoms with E-state index < -0.39 is 11.5 Å². The van der Waals surface area contributed by atoms with Crippen LogP contribution in [0, 0.1) is 18.3 Å². The fourth-order valence-electron chi connectivity index (χ4n) is 2.02. The van der Waals surface area contributed by atoms with E-state index in [0.29, 0.717) is 16.3 Å². The van der Waals surface area contributed by atoms with E-state index in [2.05, 4.69) is 9.97 Å². The Morgan fingerprint density at radius 1 is 1.41 bits per heavy atom. The lowest BCUT2D eigenvalue weighted by molar-refractivity contribution is 0.0600. The predicted octanol–water partition coefficient (Wildman–Crippen LogP) is 2.13. The zero-order valence-corrected chi connectivity index (χ0v) is 13.1. The van der Waals surface area contributed by atoms with Crippen molar-refractivity contribution in [2.75, 3.05) is 13.4 Å². The predicted molar refractivity (Wildman–Crippen MR) is 82.9 cm³/mol. The van der Waals surface area contributed by atoms with E-state index in [1.54, 1.807) is 24.5 Å². The van der Waals surface area contributed by atoms with Gasteiger partial charge in [-0.15, -0.1) is 0 Å². The molecule has 6 nitrogen and oxygen atoms in total. The number of nitrogens with zero attached hydrogens (tertiary/aromatic N) is 2. The minimum absolute atomic E-state index is 0.0841. The number of esters is 1. The number of nitriles is 1. The van der Waals surface area contributed by atoms with Crippen LogP contribution in [0.25, 0.3) is 11.3 Å². The quantitative estimate of drug-likeness (QED) is 0.529. The molecule has 1 aromatic carbocycles. The van der Waals surface area contributed by atoms with E-state index in [4.69, 9.17) is 4.74 Å². The molecule has 0 aliphatic carbocycles. The largest absolute Gasteiger partial charge is 0.465 e. The Balaban J connectivity index is 2.74. The Hall–Kier alpha value is -2.59. The Morgan fingerprint density at radius 3 is 2.73 bits per heavy atom. The number of aromatic nitrogens is 2. The molecule has 0 aliphatic rings. The molecule has 1 N–H and O–H groups in total. The fraction of sp³-hybridized carbons (Fsp3) is 0.200. The second-order valence-electron chi connectivity index (χ2n) is 4.49. The average molecular weight is 315 g/mol. The number of aromatic amines is 1. The third-order valence-corrected chi connectivity index (χ3v) is 3.55. The van der Waals surface area contributed by atoms with Gasteiger partial charge in [0.2, 0.25) is 0 Å². The number of carbonyl (C=O) groups excluding carboxylic acids is 1. The van der Waals surface area contributed by atoms with E-state index in [1.165, 1.54) is 18.9 Å². The summed E-state index contributed by atoms with van der Waals surface area (Å²) >= 11 is 1.26. The van der Waals surface area contributed by atoms with Gasteiger partial charge in [-0.05, 0) is 36.9 Å². The summed E-state index contributed by atoms with van der Waals surface area (Å²) in [5, 5.41) is 9.61. The molecule has 22 heavy (non-hydrogen) atoms. The molecule has 1 heterocycles. The van der Waals surface area contributed by atoms with Crippen molar-refractivity contribution in [3.05, 3.63) is 45.2 Å². The molecule has 0 fully saturated rings.